The van der Waals surface area contributed by atoms with Crippen molar-refractivity contribution in [2.45, 2.75) is 6.92 Å². The number of hydrogen-bond acceptors (Lipinski definition) is 6. The first-order valence-corrected chi connectivity index (χ1v) is 7.27. The predicted molar refractivity (Wildman–Crippen MR) is 89.3 cm³/mol. The summed E-state index contributed by atoms with van der Waals surface area (Å²) in [6.45, 7) is 1.67. The van der Waals surface area contributed by atoms with Crippen LogP contribution in [0.4, 0.5) is 5.69 Å². The van der Waals surface area contributed by atoms with Gasteiger partial charge in [0.2, 0.25) is 0 Å². The SMILES string of the molecule is Cc1ccc(-c2ccc(/C=N\NC(=O)c3ccco3)o2)cc1[N+](=O)[O-]. The molecule has 2 heterocycles. The molecule has 0 aliphatic carbocycles. The van der Waals surface area contributed by atoms with E-state index in [1.807, 2.05) is 0 Å². The zero-order chi connectivity index (χ0) is 17.8. The molecule has 1 N–H and O–H groups in total. The number of nitrogens with one attached hydrogen (secondary N) is 1. The van der Waals surface area contributed by atoms with E-state index in [2.05, 4.69) is 10.5 Å². The molecule has 0 bridgehead atoms. The van der Waals surface area contributed by atoms with Crippen molar-refractivity contribution in [2.24, 2.45) is 5.10 Å². The Morgan fingerprint density at radius 1 is 1.28 bits per heavy atom. The molecule has 0 radical (unpaired) electrons. The minimum atomic E-state index is -0.484. The largest absolute Gasteiger partial charge is 0.459 e. The highest BCUT2D eigenvalue weighted by molar-refractivity contribution is 5.92. The van der Waals surface area contributed by atoms with Gasteiger partial charge in [-0.2, -0.15) is 5.10 Å². The number of rotatable bonds is 5. The van der Waals surface area contributed by atoms with Crippen LogP contribution in [-0.2, 0) is 0 Å². The van der Waals surface area contributed by atoms with Crippen molar-refractivity contribution >= 4 is 17.8 Å². The molecule has 0 aliphatic heterocycles. The molecule has 0 spiro atoms. The van der Waals surface area contributed by atoms with Gasteiger partial charge in [-0.25, -0.2) is 5.43 Å². The molecule has 0 atom stereocenters. The van der Waals surface area contributed by atoms with E-state index >= 15 is 0 Å². The zero-order valence-electron chi connectivity index (χ0n) is 13.1. The molecular formula is C17H13N3O5. The van der Waals surface area contributed by atoms with Crippen molar-refractivity contribution in [2.75, 3.05) is 0 Å². The van der Waals surface area contributed by atoms with Gasteiger partial charge in [0, 0.05) is 17.2 Å². The molecule has 25 heavy (non-hydrogen) atoms. The predicted octanol–water partition coefficient (Wildman–Crippen LogP) is 3.52. The van der Waals surface area contributed by atoms with E-state index in [9.17, 15) is 14.9 Å². The van der Waals surface area contributed by atoms with Crippen LogP contribution in [0, 0.1) is 17.0 Å². The van der Waals surface area contributed by atoms with E-state index in [0.29, 0.717) is 22.6 Å². The lowest BCUT2D eigenvalue weighted by atomic mass is 10.1. The lowest BCUT2D eigenvalue weighted by Gasteiger charge is -2.00. The van der Waals surface area contributed by atoms with Crippen LogP contribution in [0.15, 0.2) is 62.7 Å². The number of nitrogens with zero attached hydrogens (tertiary/aromatic N) is 2. The smallest absolute Gasteiger partial charge is 0.307 e. The number of hydrazone groups is 1. The second-order valence-corrected chi connectivity index (χ2v) is 5.14. The molecule has 0 fully saturated rings. The first kappa shape index (κ1) is 16.2. The fourth-order valence-electron chi connectivity index (χ4n) is 2.15. The highest BCUT2D eigenvalue weighted by Crippen LogP contribution is 2.27. The zero-order valence-corrected chi connectivity index (χ0v) is 13.1. The molecule has 126 valence electrons. The van der Waals surface area contributed by atoms with Crippen molar-refractivity contribution in [3.05, 3.63) is 75.9 Å². The van der Waals surface area contributed by atoms with E-state index in [-0.39, 0.29) is 11.4 Å². The number of aryl methyl sites for hydroxylation is 1. The Bertz CT molecular complexity index is 941. The highest BCUT2D eigenvalue weighted by Gasteiger charge is 2.13. The molecule has 8 heteroatoms. The Kier molecular flexibility index (Phi) is 4.42. The third kappa shape index (κ3) is 3.63. The van der Waals surface area contributed by atoms with E-state index in [0.717, 1.165) is 0 Å². The Morgan fingerprint density at radius 2 is 2.12 bits per heavy atom. The third-order valence-corrected chi connectivity index (χ3v) is 3.42. The van der Waals surface area contributed by atoms with E-state index in [1.54, 1.807) is 37.3 Å². The molecule has 3 rings (SSSR count). The summed E-state index contributed by atoms with van der Waals surface area (Å²) in [6, 6.07) is 11.3. The average Bonchev–Trinajstić information content (AvgIpc) is 3.27. The number of furan rings is 2. The Morgan fingerprint density at radius 3 is 2.84 bits per heavy atom. The molecular weight excluding hydrogens is 326 g/mol. The van der Waals surface area contributed by atoms with Crippen LogP contribution in [0.25, 0.3) is 11.3 Å². The summed E-state index contributed by atoms with van der Waals surface area (Å²) in [5.74, 6) is 0.506. The van der Waals surface area contributed by atoms with Gasteiger partial charge >= 0.3 is 5.91 Å². The first-order valence-electron chi connectivity index (χ1n) is 7.27. The van der Waals surface area contributed by atoms with Gasteiger partial charge in [-0.1, -0.05) is 12.1 Å². The van der Waals surface area contributed by atoms with E-state index in [1.165, 1.54) is 24.6 Å². The van der Waals surface area contributed by atoms with Gasteiger partial charge in [0.25, 0.3) is 5.69 Å². The van der Waals surface area contributed by atoms with Crippen molar-refractivity contribution in [3.63, 3.8) is 0 Å². The lowest BCUT2D eigenvalue weighted by molar-refractivity contribution is -0.385. The minimum absolute atomic E-state index is 0.0230. The van der Waals surface area contributed by atoms with Crippen LogP contribution in [0.1, 0.15) is 21.9 Å². The van der Waals surface area contributed by atoms with E-state index < -0.39 is 10.8 Å². The number of nitro groups is 1. The minimum Gasteiger partial charge on any atom is -0.459 e. The van der Waals surface area contributed by atoms with Gasteiger partial charge in [-0.3, -0.25) is 14.9 Å². The fraction of sp³-hybridized carbons (Fsp3) is 0.0588. The van der Waals surface area contributed by atoms with Crippen LogP contribution in [0.3, 0.4) is 0 Å². The monoisotopic (exact) mass is 339 g/mol. The Hall–Kier alpha value is -3.68. The second kappa shape index (κ2) is 6.83. The van der Waals surface area contributed by atoms with Crippen LogP contribution < -0.4 is 5.43 Å². The molecule has 0 saturated carbocycles. The normalized spacial score (nSPS) is 10.9. The summed E-state index contributed by atoms with van der Waals surface area (Å²) in [5.41, 5.74) is 3.48. The number of amides is 1. The first-order chi connectivity index (χ1) is 12.0. The molecule has 8 nitrogen and oxygen atoms in total. The van der Waals surface area contributed by atoms with Gasteiger partial charge in [0.15, 0.2) is 5.76 Å². The molecule has 2 aromatic heterocycles. The van der Waals surface area contributed by atoms with Crippen LogP contribution in [0.2, 0.25) is 0 Å². The summed E-state index contributed by atoms with van der Waals surface area (Å²) >= 11 is 0. The molecule has 1 amide bonds. The molecule has 1 aromatic carbocycles. The average molecular weight is 339 g/mol. The number of carbonyl (C=O) groups is 1. The van der Waals surface area contributed by atoms with Gasteiger partial charge in [-0.15, -0.1) is 0 Å². The maximum atomic E-state index is 11.6. The summed E-state index contributed by atoms with van der Waals surface area (Å²) in [5, 5.41) is 14.8. The summed E-state index contributed by atoms with van der Waals surface area (Å²) in [7, 11) is 0. The van der Waals surface area contributed by atoms with Gasteiger partial charge in [0.1, 0.15) is 11.5 Å². The van der Waals surface area contributed by atoms with Crippen LogP contribution in [-0.4, -0.2) is 17.0 Å². The molecule has 3 aromatic rings. The second-order valence-electron chi connectivity index (χ2n) is 5.14. The summed E-state index contributed by atoms with van der Waals surface area (Å²) in [6.07, 6.45) is 2.71. The van der Waals surface area contributed by atoms with Crippen molar-refractivity contribution in [1.82, 2.24) is 5.43 Å². The molecule has 0 unspecified atom stereocenters. The van der Waals surface area contributed by atoms with E-state index in [4.69, 9.17) is 8.83 Å². The third-order valence-electron chi connectivity index (χ3n) is 3.42. The van der Waals surface area contributed by atoms with Crippen molar-refractivity contribution in [3.8, 4) is 11.3 Å². The number of benzene rings is 1. The molecule has 0 aliphatic rings. The Labute approximate surface area is 141 Å². The summed E-state index contributed by atoms with van der Waals surface area (Å²) < 4.78 is 10.5. The number of hydrogen-bond donors (Lipinski definition) is 1. The molecule has 0 saturated heterocycles. The van der Waals surface area contributed by atoms with Crippen molar-refractivity contribution in [1.29, 1.82) is 0 Å². The standard InChI is InChI=1S/C17H13N3O5/c1-11-4-5-12(9-14(11)20(22)23)15-7-6-13(25-15)10-18-19-17(21)16-3-2-8-24-16/h2-10H,1H3,(H,19,21)/b18-10-. The highest BCUT2D eigenvalue weighted by atomic mass is 16.6. The number of nitro benzene ring substituents is 1. The number of carbonyl (C=O) groups excluding carboxylic acids is 1. The lowest BCUT2D eigenvalue weighted by Crippen LogP contribution is -2.16. The quantitative estimate of drug-likeness (QED) is 0.434. The van der Waals surface area contributed by atoms with Crippen molar-refractivity contribution < 1.29 is 18.6 Å². The van der Waals surface area contributed by atoms with Crippen LogP contribution >= 0.6 is 0 Å². The van der Waals surface area contributed by atoms with Gasteiger partial charge < -0.3 is 8.83 Å². The van der Waals surface area contributed by atoms with Gasteiger partial charge in [0.05, 0.1) is 17.4 Å². The van der Waals surface area contributed by atoms with Crippen LogP contribution in [0.5, 0.6) is 0 Å². The topological polar surface area (TPSA) is 111 Å². The fourth-order valence-corrected chi connectivity index (χ4v) is 2.15. The maximum Gasteiger partial charge on any atom is 0.307 e. The maximum absolute atomic E-state index is 11.6. The Balaban J connectivity index is 1.72. The van der Waals surface area contributed by atoms with Gasteiger partial charge in [-0.05, 0) is 31.2 Å². The summed E-state index contributed by atoms with van der Waals surface area (Å²) in [4.78, 5) is 22.2.